The van der Waals surface area contributed by atoms with Gasteiger partial charge < -0.3 is 19.9 Å². The first-order valence-electron chi connectivity index (χ1n) is 9.23. The Morgan fingerprint density at radius 3 is 2.40 bits per heavy atom. The number of nitrogens with one attached hydrogen (secondary N) is 1. The predicted octanol–water partition coefficient (Wildman–Crippen LogP) is 4.41. The standard InChI is InChI=1S/C24H21NO5/c1-29-24(28)20-8-5-9-21(23(20)27)25-22(26)15-12-17-10-13-19(14-11-17)30-16-18-6-3-2-4-7-18/h2-15,27H,16H2,1H3,(H,25,26)/b15-12+. The molecule has 6 nitrogen and oxygen atoms in total. The Hall–Kier alpha value is -4.06. The van der Waals surface area contributed by atoms with E-state index in [-0.39, 0.29) is 17.0 Å². The van der Waals surface area contributed by atoms with Crippen molar-refractivity contribution >= 4 is 23.6 Å². The number of methoxy groups -OCH3 is 1. The quantitative estimate of drug-likeness (QED) is 0.347. The molecular formula is C24H21NO5. The van der Waals surface area contributed by atoms with Crippen LogP contribution in [0, 0.1) is 0 Å². The first kappa shape index (κ1) is 20.7. The molecule has 0 saturated heterocycles. The van der Waals surface area contributed by atoms with Gasteiger partial charge in [-0.2, -0.15) is 0 Å². The van der Waals surface area contributed by atoms with Gasteiger partial charge in [-0.1, -0.05) is 48.5 Å². The maximum Gasteiger partial charge on any atom is 0.341 e. The number of carbonyl (C=O) groups is 2. The first-order valence-corrected chi connectivity index (χ1v) is 9.23. The van der Waals surface area contributed by atoms with Crippen molar-refractivity contribution in [3.05, 3.63) is 95.6 Å². The van der Waals surface area contributed by atoms with E-state index in [0.29, 0.717) is 6.61 Å². The molecule has 0 aliphatic heterocycles. The second-order valence-electron chi connectivity index (χ2n) is 6.36. The van der Waals surface area contributed by atoms with Crippen LogP contribution in [0.25, 0.3) is 6.08 Å². The second-order valence-corrected chi connectivity index (χ2v) is 6.36. The number of esters is 1. The minimum absolute atomic E-state index is 0.0228. The van der Waals surface area contributed by atoms with Crippen LogP contribution in [-0.2, 0) is 16.1 Å². The molecule has 152 valence electrons. The summed E-state index contributed by atoms with van der Waals surface area (Å²) in [6.07, 6.45) is 2.97. The first-order chi connectivity index (χ1) is 14.6. The van der Waals surface area contributed by atoms with Crippen LogP contribution in [0.15, 0.2) is 78.9 Å². The van der Waals surface area contributed by atoms with Gasteiger partial charge in [0.05, 0.1) is 12.8 Å². The number of aromatic hydroxyl groups is 1. The van der Waals surface area contributed by atoms with Crippen LogP contribution in [0.1, 0.15) is 21.5 Å². The lowest BCUT2D eigenvalue weighted by molar-refractivity contribution is -0.111. The zero-order valence-corrected chi connectivity index (χ0v) is 16.4. The fourth-order valence-electron chi connectivity index (χ4n) is 2.68. The van der Waals surface area contributed by atoms with E-state index in [1.165, 1.54) is 25.3 Å². The average Bonchev–Trinajstić information content (AvgIpc) is 2.78. The third-order valence-electron chi connectivity index (χ3n) is 4.25. The normalized spacial score (nSPS) is 10.6. The van der Waals surface area contributed by atoms with Crippen LogP contribution in [0.2, 0.25) is 0 Å². The molecule has 0 radical (unpaired) electrons. The zero-order valence-electron chi connectivity index (χ0n) is 16.4. The predicted molar refractivity (Wildman–Crippen MR) is 114 cm³/mol. The third kappa shape index (κ3) is 5.48. The van der Waals surface area contributed by atoms with Gasteiger partial charge in [0, 0.05) is 6.08 Å². The molecule has 3 aromatic carbocycles. The molecule has 0 heterocycles. The van der Waals surface area contributed by atoms with Crippen LogP contribution in [0.5, 0.6) is 11.5 Å². The van der Waals surface area contributed by atoms with Gasteiger partial charge in [0.15, 0.2) is 5.75 Å². The van der Waals surface area contributed by atoms with Crippen LogP contribution in [-0.4, -0.2) is 24.1 Å². The van der Waals surface area contributed by atoms with Gasteiger partial charge in [0.25, 0.3) is 0 Å². The SMILES string of the molecule is COC(=O)c1cccc(NC(=O)/C=C/c2ccc(OCc3ccccc3)cc2)c1O. The summed E-state index contributed by atoms with van der Waals surface area (Å²) in [6.45, 7) is 0.479. The Balaban J connectivity index is 1.58. The van der Waals surface area contributed by atoms with E-state index in [0.717, 1.165) is 16.9 Å². The number of anilines is 1. The third-order valence-corrected chi connectivity index (χ3v) is 4.25. The molecule has 0 aliphatic carbocycles. The monoisotopic (exact) mass is 403 g/mol. The van der Waals surface area contributed by atoms with E-state index in [2.05, 4.69) is 10.1 Å². The highest BCUT2D eigenvalue weighted by molar-refractivity contribution is 6.04. The van der Waals surface area contributed by atoms with Gasteiger partial charge in [-0.15, -0.1) is 0 Å². The lowest BCUT2D eigenvalue weighted by Crippen LogP contribution is -2.09. The topological polar surface area (TPSA) is 84.9 Å². The maximum atomic E-state index is 12.2. The van der Waals surface area contributed by atoms with Crippen molar-refractivity contribution < 1.29 is 24.2 Å². The van der Waals surface area contributed by atoms with Crippen LogP contribution in [0.3, 0.4) is 0 Å². The van der Waals surface area contributed by atoms with Crippen molar-refractivity contribution in [1.82, 2.24) is 0 Å². The summed E-state index contributed by atoms with van der Waals surface area (Å²) in [5.41, 5.74) is 1.99. The molecule has 0 fully saturated rings. The molecule has 1 amide bonds. The zero-order chi connectivity index (χ0) is 21.3. The van der Waals surface area contributed by atoms with Gasteiger partial charge in [-0.05, 0) is 41.5 Å². The van der Waals surface area contributed by atoms with Crippen LogP contribution < -0.4 is 10.1 Å². The lowest BCUT2D eigenvalue weighted by Gasteiger charge is -2.08. The van der Waals surface area contributed by atoms with E-state index < -0.39 is 11.9 Å². The summed E-state index contributed by atoms with van der Waals surface area (Å²) < 4.78 is 10.3. The minimum atomic E-state index is -0.686. The Bertz CT molecular complexity index is 1040. The van der Waals surface area contributed by atoms with E-state index in [1.807, 2.05) is 54.6 Å². The number of benzene rings is 3. The molecule has 3 aromatic rings. The van der Waals surface area contributed by atoms with Crippen molar-refractivity contribution in [2.75, 3.05) is 12.4 Å². The largest absolute Gasteiger partial charge is 0.505 e. The Morgan fingerprint density at radius 2 is 1.70 bits per heavy atom. The molecule has 6 heteroatoms. The minimum Gasteiger partial charge on any atom is -0.505 e. The van der Waals surface area contributed by atoms with Crippen molar-refractivity contribution in [2.45, 2.75) is 6.61 Å². The van der Waals surface area contributed by atoms with E-state index in [4.69, 9.17) is 4.74 Å². The summed E-state index contributed by atoms with van der Waals surface area (Å²) in [6, 6.07) is 21.6. The number of phenols is 1. The number of hydrogen-bond acceptors (Lipinski definition) is 5. The smallest absolute Gasteiger partial charge is 0.341 e. The van der Waals surface area contributed by atoms with Gasteiger partial charge in [0.1, 0.15) is 17.9 Å². The van der Waals surface area contributed by atoms with Crippen molar-refractivity contribution in [2.24, 2.45) is 0 Å². The average molecular weight is 403 g/mol. The second kappa shape index (κ2) is 9.93. The number of amides is 1. The molecule has 3 rings (SSSR count). The van der Waals surface area contributed by atoms with Gasteiger partial charge in [0.2, 0.25) is 5.91 Å². The van der Waals surface area contributed by atoms with Crippen molar-refractivity contribution in [1.29, 1.82) is 0 Å². The molecule has 30 heavy (non-hydrogen) atoms. The summed E-state index contributed by atoms with van der Waals surface area (Å²) in [5, 5.41) is 12.7. The number of ether oxygens (including phenoxy) is 2. The fraction of sp³-hybridized carbons (Fsp3) is 0.0833. The molecule has 0 saturated carbocycles. The van der Waals surface area contributed by atoms with Crippen LogP contribution in [0.4, 0.5) is 5.69 Å². The van der Waals surface area contributed by atoms with Gasteiger partial charge in [-0.25, -0.2) is 4.79 Å². The summed E-state index contributed by atoms with van der Waals surface area (Å²) in [4.78, 5) is 23.8. The molecule has 0 bridgehead atoms. The number of para-hydroxylation sites is 1. The highest BCUT2D eigenvalue weighted by Gasteiger charge is 2.15. The molecule has 2 N–H and O–H groups in total. The van der Waals surface area contributed by atoms with E-state index in [9.17, 15) is 14.7 Å². The highest BCUT2D eigenvalue weighted by atomic mass is 16.5. The molecule has 0 unspecified atom stereocenters. The van der Waals surface area contributed by atoms with E-state index >= 15 is 0 Å². The maximum absolute atomic E-state index is 12.2. The summed E-state index contributed by atoms with van der Waals surface area (Å²) >= 11 is 0. The van der Waals surface area contributed by atoms with Crippen LogP contribution >= 0.6 is 0 Å². The molecule has 0 spiro atoms. The summed E-state index contributed by atoms with van der Waals surface area (Å²) in [5.74, 6) is -0.749. The number of carbonyl (C=O) groups excluding carboxylic acids is 2. The fourth-order valence-corrected chi connectivity index (χ4v) is 2.68. The molecule has 0 atom stereocenters. The lowest BCUT2D eigenvalue weighted by atomic mass is 10.1. The Labute approximate surface area is 174 Å². The number of phenolic OH excluding ortho intramolecular Hbond substituents is 1. The van der Waals surface area contributed by atoms with Crippen molar-refractivity contribution in [3.63, 3.8) is 0 Å². The number of hydrogen-bond donors (Lipinski definition) is 2. The van der Waals surface area contributed by atoms with Crippen molar-refractivity contribution in [3.8, 4) is 11.5 Å². The highest BCUT2D eigenvalue weighted by Crippen LogP contribution is 2.28. The molecule has 0 aliphatic rings. The Morgan fingerprint density at radius 1 is 0.967 bits per heavy atom. The molecular weight excluding hydrogens is 382 g/mol. The molecule has 0 aromatic heterocycles. The summed E-state index contributed by atoms with van der Waals surface area (Å²) in [7, 11) is 1.22. The van der Waals surface area contributed by atoms with Gasteiger partial charge in [-0.3, -0.25) is 4.79 Å². The van der Waals surface area contributed by atoms with E-state index in [1.54, 1.807) is 12.1 Å². The Kier molecular flexibility index (Phi) is 6.84. The number of rotatable bonds is 7. The van der Waals surface area contributed by atoms with Gasteiger partial charge >= 0.3 is 5.97 Å².